The van der Waals surface area contributed by atoms with E-state index in [1.807, 2.05) is 0 Å². The predicted molar refractivity (Wildman–Crippen MR) is 81.1 cm³/mol. The van der Waals surface area contributed by atoms with Crippen molar-refractivity contribution in [3.63, 3.8) is 0 Å². The Morgan fingerprint density at radius 1 is 1.22 bits per heavy atom. The van der Waals surface area contributed by atoms with Gasteiger partial charge in [0.05, 0.1) is 6.10 Å². The van der Waals surface area contributed by atoms with Crippen molar-refractivity contribution in [1.29, 1.82) is 0 Å². The van der Waals surface area contributed by atoms with Crippen LogP contribution in [-0.2, 0) is 4.74 Å². The van der Waals surface area contributed by atoms with E-state index in [-0.39, 0.29) is 6.10 Å². The van der Waals surface area contributed by atoms with Gasteiger partial charge in [0.1, 0.15) is 0 Å². The highest BCUT2D eigenvalue weighted by atomic mass is 79.9. The molecular weight excluding hydrogens is 290 g/mol. The van der Waals surface area contributed by atoms with Crippen LogP contribution in [0.2, 0.25) is 0 Å². The molecule has 0 amide bonds. The third-order valence-electron chi connectivity index (χ3n) is 3.14. The first-order valence-electron chi connectivity index (χ1n) is 6.55. The summed E-state index contributed by atoms with van der Waals surface area (Å²) in [6.45, 7) is 7.46. The van der Waals surface area contributed by atoms with Crippen molar-refractivity contribution >= 4 is 15.9 Å². The van der Waals surface area contributed by atoms with Crippen LogP contribution in [0.15, 0.2) is 28.7 Å². The summed E-state index contributed by atoms with van der Waals surface area (Å²) in [5, 5.41) is 3.52. The number of rotatable bonds is 7. The topological polar surface area (TPSA) is 21.3 Å². The smallest absolute Gasteiger partial charge is 0.0549 e. The highest BCUT2D eigenvalue weighted by Crippen LogP contribution is 2.28. The van der Waals surface area contributed by atoms with E-state index in [1.165, 1.54) is 10.0 Å². The molecule has 0 spiro atoms. The average Bonchev–Trinajstić information content (AvgIpc) is 2.34. The summed E-state index contributed by atoms with van der Waals surface area (Å²) in [7, 11) is 1.78. The molecule has 0 bridgehead atoms. The number of methoxy groups -OCH3 is 1. The number of halogens is 1. The lowest BCUT2D eigenvalue weighted by Crippen LogP contribution is -2.29. The molecule has 102 valence electrons. The van der Waals surface area contributed by atoms with E-state index in [0.29, 0.717) is 12.0 Å². The van der Waals surface area contributed by atoms with Crippen LogP contribution in [0.1, 0.15) is 38.7 Å². The zero-order valence-corrected chi connectivity index (χ0v) is 13.3. The minimum atomic E-state index is 0.274. The molecule has 3 heteroatoms. The summed E-state index contributed by atoms with van der Waals surface area (Å²) in [6.07, 6.45) is 1.30. The number of hydrogen-bond acceptors (Lipinski definition) is 2. The highest BCUT2D eigenvalue weighted by Gasteiger charge is 2.17. The number of benzene rings is 1. The number of ether oxygens (including phenoxy) is 1. The molecule has 0 aliphatic heterocycles. The first kappa shape index (κ1) is 15.7. The Morgan fingerprint density at radius 2 is 1.89 bits per heavy atom. The summed E-state index contributed by atoms with van der Waals surface area (Å²) in [5.74, 6) is 0.470. The third-order valence-corrected chi connectivity index (χ3v) is 3.86. The van der Waals surface area contributed by atoms with E-state index in [4.69, 9.17) is 4.74 Å². The molecular formula is C15H24BrNO. The molecule has 0 fully saturated rings. The largest absolute Gasteiger partial charge is 0.382 e. The quantitative estimate of drug-likeness (QED) is 0.822. The molecule has 18 heavy (non-hydrogen) atoms. The van der Waals surface area contributed by atoms with E-state index in [1.54, 1.807) is 7.11 Å². The molecule has 0 saturated heterocycles. The van der Waals surface area contributed by atoms with Gasteiger partial charge in [0.25, 0.3) is 0 Å². The van der Waals surface area contributed by atoms with Gasteiger partial charge >= 0.3 is 0 Å². The van der Waals surface area contributed by atoms with Crippen molar-refractivity contribution in [1.82, 2.24) is 5.32 Å². The van der Waals surface area contributed by atoms with Gasteiger partial charge < -0.3 is 10.1 Å². The maximum Gasteiger partial charge on any atom is 0.0549 e. The van der Waals surface area contributed by atoms with Crippen LogP contribution in [-0.4, -0.2) is 25.8 Å². The van der Waals surface area contributed by atoms with E-state index in [0.717, 1.165) is 13.0 Å². The van der Waals surface area contributed by atoms with E-state index >= 15 is 0 Å². The van der Waals surface area contributed by atoms with Crippen LogP contribution in [0.25, 0.3) is 0 Å². The summed E-state index contributed by atoms with van der Waals surface area (Å²) in [4.78, 5) is 0. The number of hydrogen-bond donors (Lipinski definition) is 1. The molecule has 0 aliphatic carbocycles. The molecule has 1 rings (SSSR count). The van der Waals surface area contributed by atoms with Gasteiger partial charge in [0.2, 0.25) is 0 Å². The zero-order valence-electron chi connectivity index (χ0n) is 11.7. The highest BCUT2D eigenvalue weighted by molar-refractivity contribution is 9.10. The van der Waals surface area contributed by atoms with Gasteiger partial charge in [-0.1, -0.05) is 48.0 Å². The first-order valence-corrected chi connectivity index (χ1v) is 7.34. The molecule has 0 aromatic heterocycles. The molecule has 0 radical (unpaired) electrons. The molecule has 0 heterocycles. The van der Waals surface area contributed by atoms with Gasteiger partial charge in [0, 0.05) is 24.2 Å². The van der Waals surface area contributed by atoms with Crippen LogP contribution >= 0.6 is 15.9 Å². The Labute approximate surface area is 119 Å². The van der Waals surface area contributed by atoms with E-state index in [9.17, 15) is 0 Å². The van der Waals surface area contributed by atoms with Crippen molar-refractivity contribution in [2.24, 2.45) is 0 Å². The lowest BCUT2D eigenvalue weighted by Gasteiger charge is -2.23. The Morgan fingerprint density at radius 3 is 2.44 bits per heavy atom. The van der Waals surface area contributed by atoms with Crippen LogP contribution in [0.4, 0.5) is 0 Å². The fourth-order valence-electron chi connectivity index (χ4n) is 2.00. The standard InChI is InChI=1S/C15H24BrNO/c1-11(2)17-10-13(9-12(3)18-4)14-7-5-6-8-15(14)16/h5-8,11-13,17H,9-10H2,1-4H3. The minimum Gasteiger partial charge on any atom is -0.382 e. The van der Waals surface area contributed by atoms with Gasteiger partial charge in [0.15, 0.2) is 0 Å². The molecule has 0 aliphatic rings. The van der Waals surface area contributed by atoms with E-state index < -0.39 is 0 Å². The Bertz CT molecular complexity index is 354. The molecule has 2 unspecified atom stereocenters. The monoisotopic (exact) mass is 313 g/mol. The Kier molecular flexibility index (Phi) is 6.90. The molecule has 0 saturated carbocycles. The Balaban J connectivity index is 2.79. The van der Waals surface area contributed by atoms with Crippen molar-refractivity contribution in [3.05, 3.63) is 34.3 Å². The van der Waals surface area contributed by atoms with Gasteiger partial charge in [-0.25, -0.2) is 0 Å². The fraction of sp³-hybridized carbons (Fsp3) is 0.600. The lowest BCUT2D eigenvalue weighted by molar-refractivity contribution is 0.103. The molecule has 1 aromatic carbocycles. The second-order valence-electron chi connectivity index (χ2n) is 5.06. The average molecular weight is 314 g/mol. The zero-order chi connectivity index (χ0) is 13.5. The maximum absolute atomic E-state index is 5.41. The van der Waals surface area contributed by atoms with Gasteiger partial charge in [-0.2, -0.15) is 0 Å². The normalized spacial score (nSPS) is 14.8. The Hall–Kier alpha value is -0.380. The van der Waals surface area contributed by atoms with Gasteiger partial charge in [-0.05, 0) is 30.9 Å². The molecule has 1 aromatic rings. The van der Waals surface area contributed by atoms with Crippen molar-refractivity contribution in [2.45, 2.75) is 45.3 Å². The summed E-state index contributed by atoms with van der Waals surface area (Å²) >= 11 is 3.65. The van der Waals surface area contributed by atoms with Crippen molar-refractivity contribution < 1.29 is 4.74 Å². The van der Waals surface area contributed by atoms with Crippen molar-refractivity contribution in [2.75, 3.05) is 13.7 Å². The number of nitrogens with one attached hydrogen (secondary N) is 1. The van der Waals surface area contributed by atoms with Crippen LogP contribution < -0.4 is 5.32 Å². The first-order chi connectivity index (χ1) is 8.54. The van der Waals surface area contributed by atoms with Crippen LogP contribution in [0.5, 0.6) is 0 Å². The third kappa shape index (κ3) is 5.09. The summed E-state index contributed by atoms with van der Waals surface area (Å²) < 4.78 is 6.59. The van der Waals surface area contributed by atoms with Crippen molar-refractivity contribution in [3.8, 4) is 0 Å². The van der Waals surface area contributed by atoms with Crippen LogP contribution in [0, 0.1) is 0 Å². The second-order valence-corrected chi connectivity index (χ2v) is 5.92. The summed E-state index contributed by atoms with van der Waals surface area (Å²) in [5.41, 5.74) is 1.36. The van der Waals surface area contributed by atoms with E-state index in [2.05, 4.69) is 66.3 Å². The molecule has 2 nitrogen and oxygen atoms in total. The fourth-order valence-corrected chi connectivity index (χ4v) is 2.61. The SMILES string of the molecule is COC(C)CC(CNC(C)C)c1ccccc1Br. The second kappa shape index (κ2) is 7.93. The predicted octanol–water partition coefficient (Wildman–Crippen LogP) is 3.96. The van der Waals surface area contributed by atoms with Gasteiger partial charge in [-0.15, -0.1) is 0 Å². The lowest BCUT2D eigenvalue weighted by atomic mass is 9.93. The minimum absolute atomic E-state index is 0.274. The maximum atomic E-state index is 5.41. The van der Waals surface area contributed by atoms with Gasteiger partial charge in [-0.3, -0.25) is 0 Å². The van der Waals surface area contributed by atoms with Crippen LogP contribution in [0.3, 0.4) is 0 Å². The molecule has 1 N–H and O–H groups in total. The molecule has 2 atom stereocenters. The summed E-state index contributed by atoms with van der Waals surface area (Å²) in [6, 6.07) is 8.96.